The van der Waals surface area contributed by atoms with E-state index in [0.29, 0.717) is 18.8 Å². The van der Waals surface area contributed by atoms with E-state index >= 15 is 0 Å². The van der Waals surface area contributed by atoms with Gasteiger partial charge in [0.25, 0.3) is 0 Å². The van der Waals surface area contributed by atoms with Gasteiger partial charge in [-0.15, -0.1) is 0 Å². The van der Waals surface area contributed by atoms with Gasteiger partial charge in [-0.1, -0.05) is 0 Å². The van der Waals surface area contributed by atoms with Crippen molar-refractivity contribution in [2.24, 2.45) is 11.7 Å². The SMILES string of the molecule is CNCC(N)CC1CCC(F)(F)CC1. The molecule has 0 aromatic heterocycles. The van der Waals surface area contributed by atoms with Gasteiger partial charge in [0.1, 0.15) is 0 Å². The lowest BCUT2D eigenvalue weighted by Crippen LogP contribution is -2.35. The van der Waals surface area contributed by atoms with Crippen LogP contribution in [0.1, 0.15) is 32.1 Å². The molecule has 0 bridgehead atoms. The zero-order valence-corrected chi connectivity index (χ0v) is 8.73. The first kappa shape index (κ1) is 11.9. The van der Waals surface area contributed by atoms with Crippen LogP contribution in [0, 0.1) is 5.92 Å². The number of hydrogen-bond acceptors (Lipinski definition) is 2. The molecule has 1 aliphatic carbocycles. The Kier molecular flexibility index (Phi) is 4.26. The van der Waals surface area contributed by atoms with Gasteiger partial charge >= 0.3 is 0 Å². The predicted octanol–water partition coefficient (Wildman–Crippen LogP) is 1.75. The van der Waals surface area contributed by atoms with E-state index < -0.39 is 5.92 Å². The molecule has 1 unspecified atom stereocenters. The Bertz CT molecular complexity index is 164. The Balaban J connectivity index is 2.22. The molecule has 0 spiro atoms. The van der Waals surface area contributed by atoms with Crippen LogP contribution in [0.15, 0.2) is 0 Å². The predicted molar refractivity (Wildman–Crippen MR) is 53.4 cm³/mol. The number of nitrogens with two attached hydrogens (primary N) is 1. The number of rotatable bonds is 4. The average molecular weight is 206 g/mol. The van der Waals surface area contributed by atoms with Crippen molar-refractivity contribution in [1.29, 1.82) is 0 Å². The Labute approximate surface area is 84.2 Å². The fourth-order valence-electron chi connectivity index (χ4n) is 2.11. The minimum atomic E-state index is -2.41. The maximum absolute atomic E-state index is 12.8. The Morgan fingerprint density at radius 1 is 1.43 bits per heavy atom. The van der Waals surface area contributed by atoms with Crippen LogP contribution in [-0.4, -0.2) is 25.6 Å². The number of hydrogen-bond donors (Lipinski definition) is 2. The molecule has 0 heterocycles. The van der Waals surface area contributed by atoms with Crippen LogP contribution < -0.4 is 11.1 Å². The van der Waals surface area contributed by atoms with E-state index in [1.54, 1.807) is 0 Å². The van der Waals surface area contributed by atoms with E-state index in [9.17, 15) is 8.78 Å². The quantitative estimate of drug-likeness (QED) is 0.735. The van der Waals surface area contributed by atoms with Crippen LogP contribution in [0.2, 0.25) is 0 Å². The molecule has 84 valence electrons. The zero-order chi connectivity index (χ0) is 10.6. The van der Waals surface area contributed by atoms with Gasteiger partial charge in [0.05, 0.1) is 0 Å². The molecule has 0 radical (unpaired) electrons. The van der Waals surface area contributed by atoms with Gasteiger partial charge in [-0.05, 0) is 32.2 Å². The lowest BCUT2D eigenvalue weighted by molar-refractivity contribution is -0.0470. The highest BCUT2D eigenvalue weighted by molar-refractivity contribution is 4.80. The van der Waals surface area contributed by atoms with Crippen molar-refractivity contribution in [2.75, 3.05) is 13.6 Å². The van der Waals surface area contributed by atoms with Gasteiger partial charge in [0.2, 0.25) is 5.92 Å². The second kappa shape index (κ2) is 5.03. The summed E-state index contributed by atoms with van der Waals surface area (Å²) < 4.78 is 25.6. The number of halogens is 2. The highest BCUT2D eigenvalue weighted by atomic mass is 19.3. The standard InChI is InChI=1S/C10H20F2N2/c1-14-7-9(13)6-8-2-4-10(11,12)5-3-8/h8-9,14H,2-7,13H2,1H3. The van der Waals surface area contributed by atoms with E-state index in [0.717, 1.165) is 13.0 Å². The summed E-state index contributed by atoms with van der Waals surface area (Å²) in [5.41, 5.74) is 5.83. The average Bonchev–Trinajstić information content (AvgIpc) is 2.09. The Morgan fingerprint density at radius 3 is 2.50 bits per heavy atom. The highest BCUT2D eigenvalue weighted by Crippen LogP contribution is 2.37. The molecule has 0 aliphatic heterocycles. The van der Waals surface area contributed by atoms with E-state index in [-0.39, 0.29) is 18.9 Å². The monoisotopic (exact) mass is 206 g/mol. The van der Waals surface area contributed by atoms with Crippen LogP contribution in [0.3, 0.4) is 0 Å². The van der Waals surface area contributed by atoms with Crippen molar-refractivity contribution in [3.63, 3.8) is 0 Å². The molecule has 0 amide bonds. The molecular weight excluding hydrogens is 186 g/mol. The van der Waals surface area contributed by atoms with Gasteiger partial charge in [-0.2, -0.15) is 0 Å². The lowest BCUT2D eigenvalue weighted by Gasteiger charge is -2.29. The maximum Gasteiger partial charge on any atom is 0.248 e. The van der Waals surface area contributed by atoms with Crippen molar-refractivity contribution in [1.82, 2.24) is 5.32 Å². The van der Waals surface area contributed by atoms with Crippen molar-refractivity contribution in [3.05, 3.63) is 0 Å². The fourth-order valence-corrected chi connectivity index (χ4v) is 2.11. The van der Waals surface area contributed by atoms with Crippen LogP contribution in [0.4, 0.5) is 8.78 Å². The van der Waals surface area contributed by atoms with Crippen LogP contribution in [0.25, 0.3) is 0 Å². The number of nitrogens with one attached hydrogen (secondary N) is 1. The van der Waals surface area contributed by atoms with Gasteiger partial charge in [0.15, 0.2) is 0 Å². The molecule has 1 saturated carbocycles. The summed E-state index contributed by atoms with van der Waals surface area (Å²) in [6.07, 6.45) is 2.22. The van der Waals surface area contributed by atoms with Crippen LogP contribution >= 0.6 is 0 Å². The van der Waals surface area contributed by atoms with Crippen molar-refractivity contribution < 1.29 is 8.78 Å². The minimum absolute atomic E-state index is 0.0456. The minimum Gasteiger partial charge on any atom is -0.327 e. The van der Waals surface area contributed by atoms with Crippen LogP contribution in [-0.2, 0) is 0 Å². The largest absolute Gasteiger partial charge is 0.327 e. The fraction of sp³-hybridized carbons (Fsp3) is 1.00. The lowest BCUT2D eigenvalue weighted by atomic mass is 9.83. The van der Waals surface area contributed by atoms with Crippen molar-refractivity contribution in [3.8, 4) is 0 Å². The topological polar surface area (TPSA) is 38.0 Å². The first-order chi connectivity index (χ1) is 6.53. The molecule has 3 N–H and O–H groups in total. The third-order valence-electron chi connectivity index (χ3n) is 2.94. The molecule has 4 heteroatoms. The van der Waals surface area contributed by atoms with E-state index in [4.69, 9.17) is 5.73 Å². The summed E-state index contributed by atoms with van der Waals surface area (Å²) in [5.74, 6) is -2.01. The summed E-state index contributed by atoms with van der Waals surface area (Å²) in [6, 6.07) is 0.108. The van der Waals surface area contributed by atoms with E-state index in [1.165, 1.54) is 0 Å². The Morgan fingerprint density at radius 2 is 2.00 bits per heavy atom. The zero-order valence-electron chi connectivity index (χ0n) is 8.73. The number of likely N-dealkylation sites (N-methyl/N-ethyl adjacent to an activating group) is 1. The summed E-state index contributed by atoms with van der Waals surface area (Å²) in [4.78, 5) is 0. The Hall–Kier alpha value is -0.220. The summed E-state index contributed by atoms with van der Waals surface area (Å²) in [6.45, 7) is 0.771. The second-order valence-corrected chi connectivity index (χ2v) is 4.35. The van der Waals surface area contributed by atoms with Gasteiger partial charge in [0, 0.05) is 25.4 Å². The second-order valence-electron chi connectivity index (χ2n) is 4.35. The van der Waals surface area contributed by atoms with Crippen molar-refractivity contribution in [2.45, 2.75) is 44.1 Å². The van der Waals surface area contributed by atoms with Gasteiger partial charge in [-0.3, -0.25) is 0 Å². The normalized spacial score (nSPS) is 24.9. The maximum atomic E-state index is 12.8. The summed E-state index contributed by atoms with van der Waals surface area (Å²) in [7, 11) is 1.86. The molecule has 0 saturated heterocycles. The third kappa shape index (κ3) is 3.88. The van der Waals surface area contributed by atoms with E-state index in [1.807, 2.05) is 7.05 Å². The smallest absolute Gasteiger partial charge is 0.248 e. The molecular formula is C10H20F2N2. The molecule has 1 atom stereocenters. The molecule has 14 heavy (non-hydrogen) atoms. The molecule has 1 fully saturated rings. The molecule has 2 nitrogen and oxygen atoms in total. The summed E-state index contributed by atoms with van der Waals surface area (Å²) in [5, 5.41) is 3.00. The van der Waals surface area contributed by atoms with Crippen molar-refractivity contribution >= 4 is 0 Å². The van der Waals surface area contributed by atoms with Crippen LogP contribution in [0.5, 0.6) is 0 Å². The van der Waals surface area contributed by atoms with Gasteiger partial charge in [-0.25, -0.2) is 8.78 Å². The molecule has 0 aromatic carbocycles. The molecule has 0 aromatic rings. The third-order valence-corrected chi connectivity index (χ3v) is 2.94. The number of alkyl halides is 2. The first-order valence-corrected chi connectivity index (χ1v) is 5.31. The molecule has 1 aliphatic rings. The first-order valence-electron chi connectivity index (χ1n) is 5.31. The highest BCUT2D eigenvalue weighted by Gasteiger charge is 2.35. The van der Waals surface area contributed by atoms with E-state index in [2.05, 4.69) is 5.32 Å². The summed E-state index contributed by atoms with van der Waals surface area (Å²) >= 11 is 0. The molecule has 1 rings (SSSR count). The van der Waals surface area contributed by atoms with Gasteiger partial charge < -0.3 is 11.1 Å².